The van der Waals surface area contributed by atoms with Crippen molar-refractivity contribution in [2.24, 2.45) is 0 Å². The molecular formula is C12H15FN2OS2. The number of H-pyrrole nitrogens is 1. The molecule has 0 radical (unpaired) electrons. The Morgan fingerprint density at radius 3 is 2.89 bits per heavy atom. The fraction of sp³-hybridized carbons (Fsp3) is 0.417. The van der Waals surface area contributed by atoms with Crippen LogP contribution in [0.5, 0.6) is 5.75 Å². The number of benzene rings is 1. The molecule has 2 aromatic rings. The molecule has 0 bridgehead atoms. The van der Waals surface area contributed by atoms with Gasteiger partial charge in [0.25, 0.3) is 0 Å². The van der Waals surface area contributed by atoms with Crippen LogP contribution in [-0.2, 0) is 6.54 Å². The molecular weight excluding hydrogens is 271 g/mol. The maximum atomic E-state index is 13.6. The van der Waals surface area contributed by atoms with Crippen molar-refractivity contribution in [1.82, 2.24) is 9.55 Å². The lowest BCUT2D eigenvalue weighted by Crippen LogP contribution is -2.08. The monoisotopic (exact) mass is 286 g/mol. The van der Waals surface area contributed by atoms with E-state index in [4.69, 9.17) is 17.0 Å². The third-order valence-electron chi connectivity index (χ3n) is 2.89. The first kappa shape index (κ1) is 13.4. The number of ether oxygens (including phenoxy) is 1. The largest absolute Gasteiger partial charge is 0.494 e. The summed E-state index contributed by atoms with van der Waals surface area (Å²) in [5.74, 6) is -0.145. The Bertz CT molecular complexity index is 620. The quantitative estimate of drug-likeness (QED) is 0.871. The number of fused-ring (bicyclic) bond motifs is 1. The zero-order valence-electron chi connectivity index (χ0n) is 10.5. The fourth-order valence-electron chi connectivity index (χ4n) is 1.83. The van der Waals surface area contributed by atoms with E-state index < -0.39 is 0 Å². The normalized spacial score (nSPS) is 12.9. The van der Waals surface area contributed by atoms with E-state index in [9.17, 15) is 4.39 Å². The molecule has 1 atom stereocenters. The summed E-state index contributed by atoms with van der Waals surface area (Å²) in [5, 5.41) is 0.437. The molecule has 1 aromatic heterocycles. The van der Waals surface area contributed by atoms with Crippen LogP contribution in [0, 0.1) is 10.6 Å². The van der Waals surface area contributed by atoms with Gasteiger partial charge in [-0.15, -0.1) is 0 Å². The van der Waals surface area contributed by atoms with Gasteiger partial charge in [0.1, 0.15) is 0 Å². The van der Waals surface area contributed by atoms with Crippen LogP contribution >= 0.6 is 24.0 Å². The number of hydrogen-bond acceptors (Lipinski definition) is 3. The van der Waals surface area contributed by atoms with E-state index in [-0.39, 0.29) is 11.6 Å². The van der Waals surface area contributed by atoms with Crippen molar-refractivity contribution in [2.75, 3.05) is 13.4 Å². The third kappa shape index (κ3) is 2.40. The van der Waals surface area contributed by atoms with Gasteiger partial charge in [-0.1, -0.05) is 6.92 Å². The van der Waals surface area contributed by atoms with Gasteiger partial charge in [0.2, 0.25) is 0 Å². The second-order valence-corrected chi connectivity index (χ2v) is 5.75. The van der Waals surface area contributed by atoms with Gasteiger partial charge < -0.3 is 14.3 Å². The Kier molecular flexibility index (Phi) is 3.97. The molecule has 0 fully saturated rings. The second-order valence-electron chi connectivity index (χ2n) is 4.09. The lowest BCUT2D eigenvalue weighted by atomic mass is 10.3. The highest BCUT2D eigenvalue weighted by molar-refractivity contribution is 7.99. The lowest BCUT2D eigenvalue weighted by molar-refractivity contribution is 0.387. The van der Waals surface area contributed by atoms with E-state index in [1.165, 1.54) is 13.2 Å². The minimum atomic E-state index is -0.383. The first-order valence-electron chi connectivity index (χ1n) is 5.55. The first-order chi connectivity index (χ1) is 8.56. The molecule has 1 heterocycles. The molecule has 98 valence electrons. The number of nitrogens with zero attached hydrogens (tertiary/aromatic N) is 1. The molecule has 3 nitrogen and oxygen atoms in total. The Labute approximate surface area is 114 Å². The standard InChI is InChI=1S/C12H15FN2OS2/c1-7(18-3)6-15-10-5-11(16-2)8(13)4-9(10)14-12(15)17/h4-5,7H,6H2,1-3H3,(H,14,17). The summed E-state index contributed by atoms with van der Waals surface area (Å²) < 4.78 is 21.2. The van der Waals surface area contributed by atoms with Crippen LogP contribution in [0.2, 0.25) is 0 Å². The minimum Gasteiger partial charge on any atom is -0.494 e. The number of aromatic amines is 1. The molecule has 2 rings (SSSR count). The summed E-state index contributed by atoms with van der Waals surface area (Å²) in [5.41, 5.74) is 1.57. The first-order valence-corrected chi connectivity index (χ1v) is 7.25. The number of nitrogens with one attached hydrogen (secondary N) is 1. The summed E-state index contributed by atoms with van der Waals surface area (Å²) in [4.78, 5) is 3.02. The van der Waals surface area contributed by atoms with E-state index in [1.807, 2.05) is 4.57 Å². The van der Waals surface area contributed by atoms with Gasteiger partial charge in [0, 0.05) is 23.9 Å². The average Bonchev–Trinajstić information content (AvgIpc) is 2.64. The zero-order valence-corrected chi connectivity index (χ0v) is 12.1. The van der Waals surface area contributed by atoms with Crippen molar-refractivity contribution in [2.45, 2.75) is 18.7 Å². The van der Waals surface area contributed by atoms with Crippen LogP contribution in [0.1, 0.15) is 6.92 Å². The van der Waals surface area contributed by atoms with Gasteiger partial charge in [-0.3, -0.25) is 0 Å². The zero-order chi connectivity index (χ0) is 13.3. The third-order valence-corrected chi connectivity index (χ3v) is 4.17. The molecule has 0 amide bonds. The SMILES string of the molecule is COc1cc2c(cc1F)[nH]c(=S)n2CC(C)SC. The van der Waals surface area contributed by atoms with Gasteiger partial charge in [0.05, 0.1) is 18.1 Å². The predicted molar refractivity (Wildman–Crippen MR) is 76.6 cm³/mol. The van der Waals surface area contributed by atoms with Crippen LogP contribution in [0.25, 0.3) is 11.0 Å². The van der Waals surface area contributed by atoms with Crippen LogP contribution in [0.3, 0.4) is 0 Å². The van der Waals surface area contributed by atoms with E-state index >= 15 is 0 Å². The molecule has 1 N–H and O–H groups in total. The number of thioether (sulfide) groups is 1. The van der Waals surface area contributed by atoms with Crippen molar-refractivity contribution in [3.05, 3.63) is 22.7 Å². The highest BCUT2D eigenvalue weighted by Crippen LogP contribution is 2.25. The van der Waals surface area contributed by atoms with Crippen molar-refractivity contribution < 1.29 is 9.13 Å². The topological polar surface area (TPSA) is 29.9 Å². The summed E-state index contributed by atoms with van der Waals surface area (Å²) in [6, 6.07) is 3.11. The smallest absolute Gasteiger partial charge is 0.178 e. The molecule has 0 aliphatic heterocycles. The molecule has 0 saturated heterocycles. The second kappa shape index (κ2) is 5.32. The number of imidazole rings is 1. The van der Waals surface area contributed by atoms with Crippen LogP contribution in [0.15, 0.2) is 12.1 Å². The van der Waals surface area contributed by atoms with Crippen LogP contribution in [-0.4, -0.2) is 28.2 Å². The molecule has 1 unspecified atom stereocenters. The van der Waals surface area contributed by atoms with Crippen molar-refractivity contribution in [3.63, 3.8) is 0 Å². The summed E-state index contributed by atoms with van der Waals surface area (Å²) in [6.45, 7) is 2.92. The number of hydrogen-bond donors (Lipinski definition) is 1. The molecule has 0 aliphatic rings. The van der Waals surface area contributed by atoms with E-state index in [0.29, 0.717) is 15.5 Å². The summed E-state index contributed by atoms with van der Waals surface area (Å²) in [7, 11) is 1.46. The maximum absolute atomic E-state index is 13.6. The molecule has 0 aliphatic carbocycles. The van der Waals surface area contributed by atoms with Gasteiger partial charge >= 0.3 is 0 Å². The number of rotatable bonds is 4. The highest BCUT2D eigenvalue weighted by Gasteiger charge is 2.12. The van der Waals surface area contributed by atoms with E-state index in [2.05, 4.69) is 18.2 Å². The molecule has 0 spiro atoms. The Morgan fingerprint density at radius 1 is 1.56 bits per heavy atom. The molecule has 18 heavy (non-hydrogen) atoms. The number of methoxy groups -OCH3 is 1. The van der Waals surface area contributed by atoms with Gasteiger partial charge in [-0.25, -0.2) is 4.39 Å². The number of aromatic nitrogens is 2. The highest BCUT2D eigenvalue weighted by atomic mass is 32.2. The lowest BCUT2D eigenvalue weighted by Gasteiger charge is -2.10. The van der Waals surface area contributed by atoms with E-state index in [1.54, 1.807) is 17.8 Å². The Morgan fingerprint density at radius 2 is 2.28 bits per heavy atom. The average molecular weight is 286 g/mol. The number of halogens is 1. The van der Waals surface area contributed by atoms with Crippen molar-refractivity contribution >= 4 is 35.0 Å². The van der Waals surface area contributed by atoms with E-state index in [0.717, 1.165) is 12.1 Å². The molecule has 0 saturated carbocycles. The minimum absolute atomic E-state index is 0.238. The van der Waals surface area contributed by atoms with Gasteiger partial charge in [-0.2, -0.15) is 11.8 Å². The van der Waals surface area contributed by atoms with Gasteiger partial charge in [0.15, 0.2) is 16.3 Å². The van der Waals surface area contributed by atoms with Crippen LogP contribution in [0.4, 0.5) is 4.39 Å². The summed E-state index contributed by atoms with van der Waals surface area (Å²) in [6.07, 6.45) is 2.06. The molecule has 6 heteroatoms. The van der Waals surface area contributed by atoms with Crippen molar-refractivity contribution in [3.8, 4) is 5.75 Å². The molecule has 1 aromatic carbocycles. The predicted octanol–water partition coefficient (Wildman–Crippen LogP) is 3.60. The van der Waals surface area contributed by atoms with Gasteiger partial charge in [-0.05, 0) is 18.5 Å². The Hall–Kier alpha value is -1.01. The summed E-state index contributed by atoms with van der Waals surface area (Å²) >= 11 is 7.04. The Balaban J connectivity index is 2.58. The van der Waals surface area contributed by atoms with Crippen molar-refractivity contribution in [1.29, 1.82) is 0 Å². The van der Waals surface area contributed by atoms with Crippen LogP contribution < -0.4 is 4.74 Å². The fourth-order valence-corrected chi connectivity index (χ4v) is 2.41. The maximum Gasteiger partial charge on any atom is 0.178 e.